The highest BCUT2D eigenvalue weighted by molar-refractivity contribution is 5.89. The van der Waals surface area contributed by atoms with Crippen molar-refractivity contribution in [2.75, 3.05) is 19.7 Å². The van der Waals surface area contributed by atoms with Gasteiger partial charge in [0, 0.05) is 19.0 Å². The third-order valence-electron chi connectivity index (χ3n) is 6.80. The van der Waals surface area contributed by atoms with Gasteiger partial charge in [-0.3, -0.25) is 9.59 Å². The van der Waals surface area contributed by atoms with E-state index < -0.39 is 23.5 Å². The average Bonchev–Trinajstić information content (AvgIpc) is 3.12. The lowest BCUT2D eigenvalue weighted by Gasteiger charge is -2.47. The molecule has 1 heterocycles. The van der Waals surface area contributed by atoms with E-state index in [4.69, 9.17) is 4.74 Å². The third kappa shape index (κ3) is 4.30. The smallest absolute Gasteiger partial charge is 0.407 e. The summed E-state index contributed by atoms with van der Waals surface area (Å²) in [6.45, 7) is 5.94. The number of nitrogens with zero attached hydrogens (tertiary/aromatic N) is 1. The molecule has 178 valence electrons. The quantitative estimate of drug-likeness (QED) is 0.545. The topological polar surface area (TPSA) is 95.9 Å². The highest BCUT2D eigenvalue weighted by Crippen LogP contribution is 2.44. The first-order valence-corrected chi connectivity index (χ1v) is 11.6. The van der Waals surface area contributed by atoms with Crippen LogP contribution in [0.1, 0.15) is 43.2 Å². The second kappa shape index (κ2) is 9.71. The van der Waals surface area contributed by atoms with Crippen LogP contribution in [0.15, 0.2) is 61.2 Å². The van der Waals surface area contributed by atoms with E-state index in [9.17, 15) is 19.5 Å². The van der Waals surface area contributed by atoms with Crippen molar-refractivity contribution in [1.29, 1.82) is 0 Å². The van der Waals surface area contributed by atoms with Crippen LogP contribution in [0.2, 0.25) is 0 Å². The Balaban J connectivity index is 1.38. The van der Waals surface area contributed by atoms with Gasteiger partial charge in [0.1, 0.15) is 18.1 Å². The fraction of sp³-hybridized carbons (Fsp3) is 0.370. The highest BCUT2D eigenvalue weighted by Gasteiger charge is 2.51. The van der Waals surface area contributed by atoms with Crippen molar-refractivity contribution in [3.8, 4) is 11.1 Å². The zero-order valence-electron chi connectivity index (χ0n) is 19.3. The number of benzene rings is 2. The Labute approximate surface area is 199 Å². The number of carboxylic acids is 1. The molecule has 1 aliphatic heterocycles. The molecule has 1 atom stereocenters. The summed E-state index contributed by atoms with van der Waals surface area (Å²) in [7, 11) is 0. The molecule has 7 heteroatoms. The number of fused-ring (bicyclic) bond motifs is 3. The van der Waals surface area contributed by atoms with E-state index in [1.54, 1.807) is 6.08 Å². The van der Waals surface area contributed by atoms with E-state index in [0.717, 1.165) is 22.3 Å². The lowest BCUT2D eigenvalue weighted by molar-refractivity contribution is -0.166. The van der Waals surface area contributed by atoms with E-state index in [1.165, 1.54) is 4.90 Å². The zero-order chi connectivity index (χ0) is 24.3. The molecule has 2 amide bonds. The molecule has 0 unspecified atom stereocenters. The number of carbonyl (C=O) groups excluding carboxylic acids is 2. The Morgan fingerprint density at radius 1 is 1.15 bits per heavy atom. The lowest BCUT2D eigenvalue weighted by atomic mass is 9.76. The van der Waals surface area contributed by atoms with Gasteiger partial charge in [-0.25, -0.2) is 4.79 Å². The number of carbonyl (C=O) groups is 3. The Kier molecular flexibility index (Phi) is 6.72. The maximum Gasteiger partial charge on any atom is 0.407 e. The van der Waals surface area contributed by atoms with Gasteiger partial charge in [0.15, 0.2) is 0 Å². The first-order valence-electron chi connectivity index (χ1n) is 11.6. The minimum atomic E-state index is -0.988. The van der Waals surface area contributed by atoms with Gasteiger partial charge in [0.05, 0.1) is 0 Å². The van der Waals surface area contributed by atoms with Gasteiger partial charge < -0.3 is 20.1 Å². The number of nitrogens with one attached hydrogen (secondary N) is 1. The molecule has 0 aromatic heterocycles. The van der Waals surface area contributed by atoms with Crippen LogP contribution in [0, 0.1) is 5.41 Å². The highest BCUT2D eigenvalue weighted by atomic mass is 16.5. The molecule has 2 N–H and O–H groups in total. The largest absolute Gasteiger partial charge is 0.481 e. The minimum absolute atomic E-state index is 0.0658. The summed E-state index contributed by atoms with van der Waals surface area (Å²) < 4.78 is 5.59. The number of hydrogen-bond donors (Lipinski definition) is 2. The van der Waals surface area contributed by atoms with Crippen LogP contribution in [0.4, 0.5) is 4.79 Å². The normalized spacial score (nSPS) is 16.6. The molecule has 2 aliphatic rings. The SMILES string of the molecule is C=CCC1(C(=O)O)CN(C(=O)[C@H](CCC)NC(=O)OCC2c3ccccc3-c3ccccc32)C1. The fourth-order valence-electron chi connectivity index (χ4n) is 5.02. The molecule has 0 bridgehead atoms. The molecule has 0 radical (unpaired) electrons. The van der Waals surface area contributed by atoms with Crippen molar-refractivity contribution >= 4 is 18.0 Å². The van der Waals surface area contributed by atoms with Crippen molar-refractivity contribution in [2.24, 2.45) is 5.41 Å². The summed E-state index contributed by atoms with van der Waals surface area (Å²) in [6, 6.07) is 15.4. The second-order valence-electron chi connectivity index (χ2n) is 9.08. The summed E-state index contributed by atoms with van der Waals surface area (Å²) in [4.78, 5) is 38.8. The van der Waals surface area contributed by atoms with Crippen LogP contribution in [0.25, 0.3) is 11.1 Å². The van der Waals surface area contributed by atoms with Crippen LogP contribution in [0.3, 0.4) is 0 Å². The van der Waals surface area contributed by atoms with E-state index in [1.807, 2.05) is 43.3 Å². The number of allylic oxidation sites excluding steroid dienone is 1. The minimum Gasteiger partial charge on any atom is -0.481 e. The molecule has 1 fully saturated rings. The number of ether oxygens (including phenoxy) is 1. The van der Waals surface area contributed by atoms with Crippen LogP contribution in [-0.4, -0.2) is 53.7 Å². The number of carboxylic acid groups (broad SMARTS) is 1. The number of aliphatic carboxylic acids is 1. The maximum absolute atomic E-state index is 13.0. The molecular weight excluding hydrogens is 432 g/mol. The summed E-state index contributed by atoms with van der Waals surface area (Å²) in [5, 5.41) is 12.2. The Morgan fingerprint density at radius 3 is 2.26 bits per heavy atom. The molecule has 1 saturated heterocycles. The van der Waals surface area contributed by atoms with Crippen molar-refractivity contribution < 1.29 is 24.2 Å². The summed E-state index contributed by atoms with van der Waals surface area (Å²) >= 11 is 0. The van der Waals surface area contributed by atoms with Crippen LogP contribution in [0.5, 0.6) is 0 Å². The average molecular weight is 463 g/mol. The summed E-state index contributed by atoms with van der Waals surface area (Å²) in [5.74, 6) is -1.28. The Morgan fingerprint density at radius 2 is 1.74 bits per heavy atom. The Bertz CT molecular complexity index is 1060. The van der Waals surface area contributed by atoms with Gasteiger partial charge in [0.2, 0.25) is 5.91 Å². The van der Waals surface area contributed by atoms with Gasteiger partial charge in [0.25, 0.3) is 0 Å². The van der Waals surface area contributed by atoms with E-state index >= 15 is 0 Å². The monoisotopic (exact) mass is 462 g/mol. The number of rotatable bonds is 9. The van der Waals surface area contributed by atoms with Gasteiger partial charge in [-0.2, -0.15) is 0 Å². The van der Waals surface area contributed by atoms with Crippen molar-refractivity contribution in [2.45, 2.75) is 38.1 Å². The molecular formula is C27H30N2O5. The zero-order valence-corrected chi connectivity index (χ0v) is 19.3. The van der Waals surface area contributed by atoms with E-state index in [0.29, 0.717) is 19.3 Å². The first-order chi connectivity index (χ1) is 16.4. The summed E-state index contributed by atoms with van der Waals surface area (Å²) in [6.07, 6.45) is 2.34. The Hall–Kier alpha value is -3.61. The number of hydrogen-bond acceptors (Lipinski definition) is 4. The number of alkyl carbamates (subject to hydrolysis) is 1. The molecule has 34 heavy (non-hydrogen) atoms. The molecule has 2 aromatic rings. The van der Waals surface area contributed by atoms with Gasteiger partial charge in [-0.05, 0) is 35.1 Å². The standard InChI is InChI=1S/C27H30N2O5/c1-3-9-23(24(30)29-16-27(17-29,14-4-2)25(31)32)28-26(33)34-15-22-20-12-7-5-10-18(20)19-11-6-8-13-21(19)22/h4-8,10-13,22-23H,2-3,9,14-17H2,1H3,(H,28,33)(H,31,32)/t23-/m0/s1. The first kappa shape index (κ1) is 23.5. The van der Waals surface area contributed by atoms with Crippen LogP contribution < -0.4 is 5.32 Å². The number of amides is 2. The fourth-order valence-corrected chi connectivity index (χ4v) is 5.02. The van der Waals surface area contributed by atoms with Gasteiger partial charge in [-0.15, -0.1) is 6.58 Å². The predicted octanol–water partition coefficient (Wildman–Crippen LogP) is 4.18. The van der Waals surface area contributed by atoms with Gasteiger partial charge in [-0.1, -0.05) is 68.0 Å². The van der Waals surface area contributed by atoms with Crippen molar-refractivity contribution in [3.05, 3.63) is 72.3 Å². The van der Waals surface area contributed by atoms with Crippen molar-refractivity contribution in [1.82, 2.24) is 10.2 Å². The van der Waals surface area contributed by atoms with Crippen LogP contribution in [-0.2, 0) is 14.3 Å². The molecule has 0 saturated carbocycles. The van der Waals surface area contributed by atoms with E-state index in [2.05, 4.69) is 24.0 Å². The van der Waals surface area contributed by atoms with Crippen LogP contribution >= 0.6 is 0 Å². The summed E-state index contributed by atoms with van der Waals surface area (Å²) in [5.41, 5.74) is 3.53. The second-order valence-corrected chi connectivity index (χ2v) is 9.08. The predicted molar refractivity (Wildman–Crippen MR) is 128 cm³/mol. The number of likely N-dealkylation sites (tertiary alicyclic amines) is 1. The maximum atomic E-state index is 13.0. The molecule has 4 rings (SSSR count). The molecule has 0 spiro atoms. The molecule has 7 nitrogen and oxygen atoms in total. The lowest BCUT2D eigenvalue weighted by Crippen LogP contribution is -2.65. The van der Waals surface area contributed by atoms with E-state index in [-0.39, 0.29) is 31.5 Å². The third-order valence-corrected chi connectivity index (χ3v) is 6.80. The van der Waals surface area contributed by atoms with Crippen molar-refractivity contribution in [3.63, 3.8) is 0 Å². The van der Waals surface area contributed by atoms with Gasteiger partial charge >= 0.3 is 12.1 Å². The molecule has 2 aromatic carbocycles. The molecule has 1 aliphatic carbocycles.